The van der Waals surface area contributed by atoms with Crippen molar-refractivity contribution in [1.82, 2.24) is 0 Å². The van der Waals surface area contributed by atoms with Gasteiger partial charge in [-0.2, -0.15) is 0 Å². The molecule has 0 aliphatic carbocycles. The molecule has 9 heteroatoms. The van der Waals surface area contributed by atoms with Gasteiger partial charge in [-0.05, 0) is 51.1 Å². The fourth-order valence-electron chi connectivity index (χ4n) is 3.53. The van der Waals surface area contributed by atoms with Gasteiger partial charge in [-0.25, -0.2) is 4.79 Å². The minimum atomic E-state index is -1.24. The average molecular weight is 528 g/mol. The smallest absolute Gasteiger partial charge is 0.339 e. The third-order valence-corrected chi connectivity index (χ3v) is 5.42. The van der Waals surface area contributed by atoms with Crippen LogP contribution in [-0.4, -0.2) is 38.8 Å². The quantitative estimate of drug-likeness (QED) is 0.285. The largest absolute Gasteiger partial charge is 0.495 e. The number of rotatable bonds is 12. The molecule has 0 heterocycles. The Kier molecular flexibility index (Phi) is 10.0. The molecule has 0 saturated carbocycles. The third kappa shape index (κ3) is 7.07. The van der Waals surface area contributed by atoms with E-state index in [0.29, 0.717) is 59.1 Å². The summed E-state index contributed by atoms with van der Waals surface area (Å²) in [5.41, 5.74) is 1.07. The van der Waals surface area contributed by atoms with Crippen LogP contribution < -0.4 is 24.3 Å². The Labute approximate surface area is 221 Å². The predicted octanol–water partition coefficient (Wildman–Crippen LogP) is 6.08. The van der Waals surface area contributed by atoms with Gasteiger partial charge < -0.3 is 29.0 Å². The molecule has 37 heavy (non-hydrogen) atoms. The molecular formula is C28H30ClNO7. The standard InChI is InChI=1S/C28H30ClNO7/c1-5-34-23-15-19(16-24(35-6-2)26(23)36-7-3)28(32)37-25(18-11-9-8-10-12-18)27(31)30-20-13-14-22(33-4)21(29)17-20/h8-17,25H,5-7H2,1-4H3,(H,30,31). The van der Waals surface area contributed by atoms with Crippen LogP contribution in [0.25, 0.3) is 0 Å². The molecular weight excluding hydrogens is 498 g/mol. The van der Waals surface area contributed by atoms with Crippen LogP contribution in [0.3, 0.4) is 0 Å². The lowest BCUT2D eigenvalue weighted by Crippen LogP contribution is -2.26. The number of benzene rings is 3. The fourth-order valence-corrected chi connectivity index (χ4v) is 3.79. The predicted molar refractivity (Wildman–Crippen MR) is 141 cm³/mol. The SMILES string of the molecule is CCOc1cc(C(=O)OC(C(=O)Nc2ccc(OC)c(Cl)c2)c2ccccc2)cc(OCC)c1OCC. The van der Waals surface area contributed by atoms with Crippen LogP contribution in [0, 0.1) is 0 Å². The molecule has 0 fully saturated rings. The van der Waals surface area contributed by atoms with Crippen LogP contribution in [0.1, 0.15) is 42.8 Å². The van der Waals surface area contributed by atoms with E-state index in [1.54, 1.807) is 48.5 Å². The molecule has 0 aliphatic heterocycles. The van der Waals surface area contributed by atoms with Crippen molar-refractivity contribution in [1.29, 1.82) is 0 Å². The van der Waals surface area contributed by atoms with Crippen LogP contribution in [0.2, 0.25) is 5.02 Å². The number of hydrogen-bond acceptors (Lipinski definition) is 7. The number of hydrogen-bond donors (Lipinski definition) is 1. The zero-order chi connectivity index (χ0) is 26.8. The van der Waals surface area contributed by atoms with E-state index >= 15 is 0 Å². The lowest BCUT2D eigenvalue weighted by atomic mass is 10.1. The molecule has 3 rings (SSSR count). The number of esters is 1. The molecule has 0 spiro atoms. The van der Waals surface area contributed by atoms with Gasteiger partial charge in [0.2, 0.25) is 11.9 Å². The number of methoxy groups -OCH3 is 1. The topological polar surface area (TPSA) is 92.3 Å². The van der Waals surface area contributed by atoms with Crippen molar-refractivity contribution in [2.24, 2.45) is 0 Å². The Bertz CT molecular complexity index is 1190. The maximum Gasteiger partial charge on any atom is 0.339 e. The summed E-state index contributed by atoms with van der Waals surface area (Å²) in [5.74, 6) is 0.267. The van der Waals surface area contributed by atoms with Crippen molar-refractivity contribution in [2.75, 3.05) is 32.2 Å². The van der Waals surface area contributed by atoms with E-state index in [9.17, 15) is 9.59 Å². The highest BCUT2D eigenvalue weighted by atomic mass is 35.5. The molecule has 0 aliphatic rings. The molecule has 8 nitrogen and oxygen atoms in total. The Hall–Kier alpha value is -3.91. The van der Waals surface area contributed by atoms with Crippen LogP contribution in [0.15, 0.2) is 60.7 Å². The molecule has 0 saturated heterocycles. The molecule has 1 N–H and O–H groups in total. The molecule has 196 valence electrons. The lowest BCUT2D eigenvalue weighted by molar-refractivity contribution is -0.125. The number of anilines is 1. The first-order chi connectivity index (χ1) is 17.9. The lowest BCUT2D eigenvalue weighted by Gasteiger charge is -2.20. The van der Waals surface area contributed by atoms with Crippen LogP contribution >= 0.6 is 11.6 Å². The third-order valence-electron chi connectivity index (χ3n) is 5.13. The maximum absolute atomic E-state index is 13.3. The Morgan fingerprint density at radius 3 is 2.00 bits per heavy atom. The Balaban J connectivity index is 1.93. The molecule has 1 amide bonds. The summed E-state index contributed by atoms with van der Waals surface area (Å²) in [7, 11) is 1.50. The van der Waals surface area contributed by atoms with Crippen LogP contribution in [0.5, 0.6) is 23.0 Å². The summed E-state index contributed by atoms with van der Waals surface area (Å²) < 4.78 is 28.0. The second-order valence-corrected chi connectivity index (χ2v) is 8.04. The maximum atomic E-state index is 13.3. The highest BCUT2D eigenvalue weighted by Crippen LogP contribution is 2.39. The summed E-state index contributed by atoms with van der Waals surface area (Å²) in [6, 6.07) is 16.6. The normalized spacial score (nSPS) is 11.3. The van der Waals surface area contributed by atoms with Crippen molar-refractivity contribution in [2.45, 2.75) is 26.9 Å². The van der Waals surface area contributed by atoms with E-state index in [-0.39, 0.29) is 5.56 Å². The summed E-state index contributed by atoms with van der Waals surface area (Å²) in [5, 5.41) is 3.08. The summed E-state index contributed by atoms with van der Waals surface area (Å²) >= 11 is 6.19. The molecule has 3 aromatic rings. The zero-order valence-electron chi connectivity index (χ0n) is 21.2. The summed E-state index contributed by atoms with van der Waals surface area (Å²) in [6.07, 6.45) is -1.24. The minimum absolute atomic E-state index is 0.150. The highest BCUT2D eigenvalue weighted by Gasteiger charge is 2.28. The fraction of sp³-hybridized carbons (Fsp3) is 0.286. The number of ether oxygens (including phenoxy) is 5. The monoisotopic (exact) mass is 527 g/mol. The molecule has 3 aromatic carbocycles. The Morgan fingerprint density at radius 1 is 0.838 bits per heavy atom. The molecule has 1 atom stereocenters. The van der Waals surface area contributed by atoms with Gasteiger partial charge in [-0.3, -0.25) is 4.79 Å². The van der Waals surface area contributed by atoms with E-state index in [1.165, 1.54) is 19.2 Å². The van der Waals surface area contributed by atoms with E-state index in [0.717, 1.165) is 0 Å². The van der Waals surface area contributed by atoms with Gasteiger partial charge in [0, 0.05) is 11.3 Å². The van der Waals surface area contributed by atoms with Gasteiger partial charge in [0.15, 0.2) is 11.5 Å². The molecule has 0 bridgehead atoms. The number of nitrogens with one attached hydrogen (secondary N) is 1. The number of carbonyl (C=O) groups excluding carboxylic acids is 2. The van der Waals surface area contributed by atoms with Gasteiger partial charge in [0.1, 0.15) is 5.75 Å². The van der Waals surface area contributed by atoms with Crippen molar-refractivity contribution < 1.29 is 33.3 Å². The van der Waals surface area contributed by atoms with Crippen molar-refractivity contribution in [3.05, 3.63) is 76.8 Å². The van der Waals surface area contributed by atoms with Gasteiger partial charge in [-0.15, -0.1) is 0 Å². The van der Waals surface area contributed by atoms with E-state index < -0.39 is 18.0 Å². The molecule has 0 radical (unpaired) electrons. The molecule has 1 unspecified atom stereocenters. The van der Waals surface area contributed by atoms with Crippen molar-refractivity contribution in [3.8, 4) is 23.0 Å². The van der Waals surface area contributed by atoms with Gasteiger partial charge >= 0.3 is 5.97 Å². The first kappa shape index (κ1) is 27.7. The van der Waals surface area contributed by atoms with Crippen LogP contribution in [0.4, 0.5) is 5.69 Å². The van der Waals surface area contributed by atoms with E-state index in [1.807, 2.05) is 20.8 Å². The summed E-state index contributed by atoms with van der Waals surface area (Å²) in [4.78, 5) is 26.6. The first-order valence-electron chi connectivity index (χ1n) is 11.9. The van der Waals surface area contributed by atoms with Crippen molar-refractivity contribution in [3.63, 3.8) is 0 Å². The van der Waals surface area contributed by atoms with E-state index in [4.69, 9.17) is 35.3 Å². The number of carbonyl (C=O) groups is 2. The second kappa shape index (κ2) is 13.4. The zero-order valence-corrected chi connectivity index (χ0v) is 22.0. The van der Waals surface area contributed by atoms with Crippen LogP contribution in [-0.2, 0) is 9.53 Å². The van der Waals surface area contributed by atoms with Crippen molar-refractivity contribution >= 4 is 29.2 Å². The van der Waals surface area contributed by atoms with E-state index in [2.05, 4.69) is 5.32 Å². The van der Waals surface area contributed by atoms with Gasteiger partial charge in [0.05, 0.1) is 37.5 Å². The summed E-state index contributed by atoms with van der Waals surface area (Å²) in [6.45, 7) is 6.57. The second-order valence-electron chi connectivity index (χ2n) is 7.64. The minimum Gasteiger partial charge on any atom is -0.495 e. The number of halogens is 1. The molecule has 0 aromatic heterocycles. The Morgan fingerprint density at radius 2 is 1.46 bits per heavy atom. The van der Waals surface area contributed by atoms with Gasteiger partial charge in [0.25, 0.3) is 5.91 Å². The van der Waals surface area contributed by atoms with Gasteiger partial charge in [-0.1, -0.05) is 41.9 Å². The number of amides is 1. The average Bonchev–Trinajstić information content (AvgIpc) is 2.89. The highest BCUT2D eigenvalue weighted by molar-refractivity contribution is 6.32. The first-order valence-corrected chi connectivity index (χ1v) is 12.3.